The summed E-state index contributed by atoms with van der Waals surface area (Å²) < 4.78 is 5.62. The van der Waals surface area contributed by atoms with Crippen LogP contribution in [0.25, 0.3) is 0 Å². The number of ketones is 1. The number of carbonyl (C=O) groups is 2. The van der Waals surface area contributed by atoms with Crippen molar-refractivity contribution in [1.29, 1.82) is 5.26 Å². The van der Waals surface area contributed by atoms with E-state index in [9.17, 15) is 14.9 Å². The summed E-state index contributed by atoms with van der Waals surface area (Å²) in [6.07, 6.45) is 6.11. The molecule has 0 bridgehead atoms. The van der Waals surface area contributed by atoms with Crippen LogP contribution in [0.4, 0.5) is 0 Å². The third-order valence-corrected chi connectivity index (χ3v) is 6.04. The summed E-state index contributed by atoms with van der Waals surface area (Å²) in [6, 6.07) is 3.89. The van der Waals surface area contributed by atoms with Crippen molar-refractivity contribution in [2.45, 2.75) is 39.0 Å². The number of aliphatic carboxylic acids is 1. The zero-order chi connectivity index (χ0) is 20.5. The monoisotopic (exact) mass is 419 g/mol. The maximum absolute atomic E-state index is 13.3. The third kappa shape index (κ3) is 3.55. The molecule has 2 aliphatic carbocycles. The van der Waals surface area contributed by atoms with Crippen LogP contribution in [0.3, 0.4) is 0 Å². The van der Waals surface area contributed by atoms with E-state index in [1.165, 1.54) is 0 Å². The van der Waals surface area contributed by atoms with E-state index in [0.29, 0.717) is 29.7 Å². The number of carbonyl (C=O) groups excluding carboxylic acids is 1. The Morgan fingerprint density at radius 1 is 1.32 bits per heavy atom. The normalized spacial score (nSPS) is 20.9. The first-order valence-corrected chi connectivity index (χ1v) is 9.76. The number of Topliss-reactive ketones (excluding diaryl/α,β-unsaturated/α-hetero) is 1. The van der Waals surface area contributed by atoms with E-state index in [4.69, 9.17) is 33.0 Å². The molecule has 0 aliphatic heterocycles. The molecule has 28 heavy (non-hydrogen) atoms. The summed E-state index contributed by atoms with van der Waals surface area (Å²) >= 11 is 12.7. The standard InChI is InChI=1S/C21H19Cl2NO4/c1-21(14-6-3-2-5-12(14)11-24)10-13-9-15(28-8-4-7-16(25)26)18(22)19(23)17(13)20(21)27/h5-6,9H,2-4,7-8,10H2,1H3,(H,25,26). The lowest BCUT2D eigenvalue weighted by Gasteiger charge is -2.27. The Labute approximate surface area is 173 Å². The van der Waals surface area contributed by atoms with Crippen molar-refractivity contribution < 1.29 is 19.4 Å². The summed E-state index contributed by atoms with van der Waals surface area (Å²) in [5.41, 5.74) is 1.48. The molecular formula is C21H19Cl2NO4. The van der Waals surface area contributed by atoms with Crippen LogP contribution >= 0.6 is 23.2 Å². The van der Waals surface area contributed by atoms with Gasteiger partial charge in [-0.25, -0.2) is 0 Å². The molecule has 1 aromatic carbocycles. The molecule has 1 aromatic rings. The molecule has 146 valence electrons. The first-order valence-electron chi connectivity index (χ1n) is 9.01. The highest BCUT2D eigenvalue weighted by molar-refractivity contribution is 6.45. The van der Waals surface area contributed by atoms with Crippen LogP contribution in [0, 0.1) is 16.7 Å². The number of carboxylic acid groups (broad SMARTS) is 1. The van der Waals surface area contributed by atoms with Gasteiger partial charge in [0.05, 0.1) is 28.7 Å². The molecule has 1 N–H and O–H groups in total. The van der Waals surface area contributed by atoms with Crippen molar-refractivity contribution in [2.24, 2.45) is 5.41 Å². The Balaban J connectivity index is 1.92. The minimum atomic E-state index is -0.898. The maximum Gasteiger partial charge on any atom is 0.303 e. The van der Waals surface area contributed by atoms with Gasteiger partial charge >= 0.3 is 5.97 Å². The van der Waals surface area contributed by atoms with Gasteiger partial charge in [0.1, 0.15) is 10.8 Å². The van der Waals surface area contributed by atoms with Gasteiger partial charge in [-0.3, -0.25) is 9.59 Å². The quantitative estimate of drug-likeness (QED) is 0.643. The smallest absolute Gasteiger partial charge is 0.303 e. The van der Waals surface area contributed by atoms with E-state index >= 15 is 0 Å². The van der Waals surface area contributed by atoms with Crippen LogP contribution < -0.4 is 4.74 Å². The highest BCUT2D eigenvalue weighted by Crippen LogP contribution is 2.50. The molecule has 1 unspecified atom stereocenters. The van der Waals surface area contributed by atoms with Crippen molar-refractivity contribution in [3.63, 3.8) is 0 Å². The molecule has 0 heterocycles. The molecule has 0 saturated carbocycles. The number of hydrogen-bond donors (Lipinski definition) is 1. The molecule has 0 fully saturated rings. The second kappa shape index (κ2) is 7.98. The van der Waals surface area contributed by atoms with Crippen molar-refractivity contribution in [2.75, 3.05) is 6.61 Å². The van der Waals surface area contributed by atoms with Gasteiger partial charge in [-0.1, -0.05) is 35.4 Å². The molecule has 0 amide bonds. The lowest BCUT2D eigenvalue weighted by Crippen LogP contribution is -2.28. The predicted molar refractivity (Wildman–Crippen MR) is 106 cm³/mol. The summed E-state index contributed by atoms with van der Waals surface area (Å²) in [6.45, 7) is 2.01. The summed E-state index contributed by atoms with van der Waals surface area (Å²) in [5.74, 6) is -0.715. The van der Waals surface area contributed by atoms with Gasteiger partial charge in [0.25, 0.3) is 0 Å². The average molecular weight is 420 g/mol. The minimum absolute atomic E-state index is 0.00965. The summed E-state index contributed by atoms with van der Waals surface area (Å²) in [4.78, 5) is 23.9. The van der Waals surface area contributed by atoms with Crippen LogP contribution in [0.1, 0.15) is 48.5 Å². The minimum Gasteiger partial charge on any atom is -0.492 e. The van der Waals surface area contributed by atoms with Crippen LogP contribution in [0.5, 0.6) is 5.75 Å². The van der Waals surface area contributed by atoms with Gasteiger partial charge in [-0.2, -0.15) is 5.26 Å². The lowest BCUT2D eigenvalue weighted by atomic mass is 9.73. The van der Waals surface area contributed by atoms with E-state index in [0.717, 1.165) is 24.0 Å². The maximum atomic E-state index is 13.3. The number of carboxylic acids is 1. The van der Waals surface area contributed by atoms with E-state index in [2.05, 4.69) is 6.07 Å². The van der Waals surface area contributed by atoms with E-state index in [1.54, 1.807) is 6.07 Å². The number of hydrogen-bond acceptors (Lipinski definition) is 4. The zero-order valence-electron chi connectivity index (χ0n) is 15.3. The number of allylic oxidation sites excluding steroid dienone is 4. The van der Waals surface area contributed by atoms with Crippen molar-refractivity contribution in [3.05, 3.63) is 50.5 Å². The number of nitriles is 1. The first-order chi connectivity index (χ1) is 13.3. The second-order valence-corrected chi connectivity index (χ2v) is 7.90. The van der Waals surface area contributed by atoms with Crippen LogP contribution in [0.15, 0.2) is 29.4 Å². The van der Waals surface area contributed by atoms with Crippen LogP contribution in [0.2, 0.25) is 10.0 Å². The van der Waals surface area contributed by atoms with Gasteiger partial charge < -0.3 is 9.84 Å². The van der Waals surface area contributed by atoms with Crippen molar-refractivity contribution >= 4 is 35.0 Å². The number of ether oxygens (including phenoxy) is 1. The van der Waals surface area contributed by atoms with Gasteiger partial charge in [0, 0.05) is 12.0 Å². The molecule has 2 aliphatic rings. The Morgan fingerprint density at radius 2 is 2.04 bits per heavy atom. The Bertz CT molecular complexity index is 958. The lowest BCUT2D eigenvalue weighted by molar-refractivity contribution is -0.137. The van der Waals surface area contributed by atoms with Gasteiger partial charge in [0.15, 0.2) is 5.78 Å². The van der Waals surface area contributed by atoms with Crippen molar-refractivity contribution in [3.8, 4) is 11.8 Å². The predicted octanol–water partition coefficient (Wildman–Crippen LogP) is 5.15. The van der Waals surface area contributed by atoms with E-state index in [-0.39, 0.29) is 28.9 Å². The van der Waals surface area contributed by atoms with Crippen molar-refractivity contribution in [1.82, 2.24) is 0 Å². The number of halogens is 2. The highest BCUT2D eigenvalue weighted by Gasteiger charge is 2.47. The summed E-state index contributed by atoms with van der Waals surface area (Å²) in [5, 5.41) is 18.5. The Kier molecular flexibility index (Phi) is 5.83. The molecule has 0 radical (unpaired) electrons. The Morgan fingerprint density at radius 3 is 2.71 bits per heavy atom. The fourth-order valence-corrected chi connectivity index (χ4v) is 4.31. The average Bonchev–Trinajstić information content (AvgIpc) is 2.93. The number of nitrogens with zero attached hydrogens (tertiary/aromatic N) is 1. The van der Waals surface area contributed by atoms with Gasteiger partial charge in [-0.15, -0.1) is 0 Å². The third-order valence-electron chi connectivity index (χ3n) is 5.19. The fourth-order valence-electron chi connectivity index (χ4n) is 3.81. The van der Waals surface area contributed by atoms with Crippen LogP contribution in [-0.2, 0) is 11.2 Å². The molecule has 7 heteroatoms. The fraction of sp³-hybridized carbons (Fsp3) is 0.381. The number of fused-ring (bicyclic) bond motifs is 1. The highest BCUT2D eigenvalue weighted by atomic mass is 35.5. The molecule has 0 saturated heterocycles. The molecule has 5 nitrogen and oxygen atoms in total. The van der Waals surface area contributed by atoms with Gasteiger partial charge in [0.2, 0.25) is 0 Å². The van der Waals surface area contributed by atoms with E-state index < -0.39 is 11.4 Å². The molecule has 0 aromatic heterocycles. The second-order valence-electron chi connectivity index (χ2n) is 7.15. The Hall–Kier alpha value is -2.29. The van der Waals surface area contributed by atoms with Crippen LogP contribution in [-0.4, -0.2) is 23.5 Å². The summed E-state index contributed by atoms with van der Waals surface area (Å²) in [7, 11) is 0. The molecule has 3 rings (SSSR count). The van der Waals surface area contributed by atoms with E-state index in [1.807, 2.05) is 19.1 Å². The molecular weight excluding hydrogens is 401 g/mol. The SMILES string of the molecule is CC1(C2=CCCC=C2C#N)Cc2cc(OCCCC(=O)O)c(Cl)c(Cl)c2C1=O. The number of rotatable bonds is 6. The van der Waals surface area contributed by atoms with Gasteiger partial charge in [-0.05, 0) is 49.8 Å². The zero-order valence-corrected chi connectivity index (χ0v) is 16.9. The number of benzene rings is 1. The largest absolute Gasteiger partial charge is 0.492 e. The first kappa shape index (κ1) is 20.4. The molecule has 0 spiro atoms. The molecule has 1 atom stereocenters. The topological polar surface area (TPSA) is 87.4 Å².